The van der Waals surface area contributed by atoms with E-state index < -0.39 is 0 Å². The van der Waals surface area contributed by atoms with Crippen LogP contribution >= 0.6 is 0 Å². The summed E-state index contributed by atoms with van der Waals surface area (Å²) >= 11 is 0. The fraction of sp³-hybridized carbons (Fsp3) is 0.750. The first-order valence-corrected chi connectivity index (χ1v) is 6.31. The summed E-state index contributed by atoms with van der Waals surface area (Å²) in [6.07, 6.45) is 8.72. The number of aromatic nitrogens is 2. The van der Waals surface area contributed by atoms with Gasteiger partial charge in [-0.2, -0.15) is 5.10 Å². The fourth-order valence-corrected chi connectivity index (χ4v) is 3.39. The van der Waals surface area contributed by atoms with Crippen molar-refractivity contribution in [3.63, 3.8) is 0 Å². The van der Waals surface area contributed by atoms with Crippen LogP contribution in [0.3, 0.4) is 0 Å². The highest BCUT2D eigenvalue weighted by Crippen LogP contribution is 2.39. The summed E-state index contributed by atoms with van der Waals surface area (Å²) in [6.45, 7) is 1.14. The Labute approximate surface area is 96.4 Å². The molecule has 1 aromatic heterocycles. The first-order chi connectivity index (χ1) is 7.75. The molecule has 0 radical (unpaired) electrons. The molecule has 2 N–H and O–H groups in total. The largest absolute Gasteiger partial charge is 0.394 e. The van der Waals surface area contributed by atoms with Crippen molar-refractivity contribution in [2.24, 2.45) is 13.0 Å². The standard InChI is InChI=1S/C12H20N4/c1-15-8-10(13)12(14-15)16-7-6-9-4-2-3-5-11(9)16/h8-9,11H,2-7,13H2,1H3. The summed E-state index contributed by atoms with van der Waals surface area (Å²) < 4.78 is 1.82. The maximum atomic E-state index is 6.02. The van der Waals surface area contributed by atoms with E-state index in [-0.39, 0.29) is 0 Å². The highest BCUT2D eigenvalue weighted by molar-refractivity contribution is 5.62. The van der Waals surface area contributed by atoms with Crippen LogP contribution in [0.4, 0.5) is 11.5 Å². The number of hydrogen-bond acceptors (Lipinski definition) is 3. The molecule has 1 saturated heterocycles. The van der Waals surface area contributed by atoms with Crippen molar-refractivity contribution in [1.82, 2.24) is 9.78 Å². The molecule has 0 bridgehead atoms. The average molecular weight is 220 g/mol. The van der Waals surface area contributed by atoms with Crippen LogP contribution < -0.4 is 10.6 Å². The molecule has 0 amide bonds. The van der Waals surface area contributed by atoms with Crippen molar-refractivity contribution in [2.45, 2.75) is 38.1 Å². The third kappa shape index (κ3) is 1.47. The maximum absolute atomic E-state index is 6.02. The minimum atomic E-state index is 0.700. The summed E-state index contributed by atoms with van der Waals surface area (Å²) in [5, 5.41) is 4.50. The third-order valence-corrected chi connectivity index (χ3v) is 4.12. The van der Waals surface area contributed by atoms with E-state index in [1.54, 1.807) is 0 Å². The van der Waals surface area contributed by atoms with Crippen molar-refractivity contribution in [3.05, 3.63) is 6.20 Å². The van der Waals surface area contributed by atoms with Gasteiger partial charge in [0.25, 0.3) is 0 Å². The van der Waals surface area contributed by atoms with E-state index >= 15 is 0 Å². The molecule has 16 heavy (non-hydrogen) atoms. The van der Waals surface area contributed by atoms with Gasteiger partial charge in [-0.1, -0.05) is 12.8 Å². The Kier molecular flexibility index (Phi) is 2.30. The molecule has 1 saturated carbocycles. The highest BCUT2D eigenvalue weighted by Gasteiger charge is 2.37. The summed E-state index contributed by atoms with van der Waals surface area (Å²) in [7, 11) is 1.94. The Morgan fingerprint density at radius 3 is 2.88 bits per heavy atom. The zero-order valence-corrected chi connectivity index (χ0v) is 9.89. The molecule has 2 heterocycles. The Morgan fingerprint density at radius 1 is 1.31 bits per heavy atom. The van der Waals surface area contributed by atoms with Crippen LogP contribution in [0.2, 0.25) is 0 Å². The van der Waals surface area contributed by atoms with Crippen LogP contribution in [-0.4, -0.2) is 22.4 Å². The van der Waals surface area contributed by atoms with Gasteiger partial charge in [0.2, 0.25) is 0 Å². The lowest BCUT2D eigenvalue weighted by atomic mass is 9.85. The second-order valence-corrected chi connectivity index (χ2v) is 5.18. The topological polar surface area (TPSA) is 47.1 Å². The molecule has 2 fully saturated rings. The smallest absolute Gasteiger partial charge is 0.174 e. The van der Waals surface area contributed by atoms with Crippen molar-refractivity contribution >= 4 is 11.5 Å². The number of nitrogens with zero attached hydrogens (tertiary/aromatic N) is 3. The van der Waals surface area contributed by atoms with Gasteiger partial charge in [-0.15, -0.1) is 0 Å². The van der Waals surface area contributed by atoms with Gasteiger partial charge < -0.3 is 10.6 Å². The zero-order valence-electron chi connectivity index (χ0n) is 9.89. The number of nitrogen functional groups attached to an aromatic ring is 1. The number of hydrogen-bond donors (Lipinski definition) is 1. The van der Waals surface area contributed by atoms with Crippen LogP contribution in [0.5, 0.6) is 0 Å². The van der Waals surface area contributed by atoms with Crippen LogP contribution in [0, 0.1) is 5.92 Å². The Morgan fingerprint density at radius 2 is 2.12 bits per heavy atom. The normalized spacial score (nSPS) is 29.4. The number of rotatable bonds is 1. The summed E-state index contributed by atoms with van der Waals surface area (Å²) in [5.41, 5.74) is 6.85. The lowest BCUT2D eigenvalue weighted by Gasteiger charge is -2.31. The molecule has 3 rings (SSSR count). The van der Waals surface area contributed by atoms with Gasteiger partial charge in [0.15, 0.2) is 5.82 Å². The fourth-order valence-electron chi connectivity index (χ4n) is 3.39. The summed E-state index contributed by atoms with van der Waals surface area (Å²) in [4.78, 5) is 2.44. The van der Waals surface area contributed by atoms with Gasteiger partial charge in [-0.05, 0) is 25.2 Å². The van der Waals surface area contributed by atoms with Crippen LogP contribution in [0.25, 0.3) is 0 Å². The molecule has 2 atom stereocenters. The zero-order chi connectivity index (χ0) is 11.1. The number of anilines is 2. The molecule has 0 spiro atoms. The Balaban J connectivity index is 1.87. The van der Waals surface area contributed by atoms with Crippen molar-refractivity contribution in [1.29, 1.82) is 0 Å². The SMILES string of the molecule is Cn1cc(N)c(N2CCC3CCCCC32)n1. The highest BCUT2D eigenvalue weighted by atomic mass is 15.4. The van der Waals surface area contributed by atoms with Gasteiger partial charge in [0, 0.05) is 25.8 Å². The Bertz CT molecular complexity index is 384. The molecular formula is C12H20N4. The van der Waals surface area contributed by atoms with E-state index in [2.05, 4.69) is 10.00 Å². The minimum absolute atomic E-state index is 0.700. The molecule has 1 aliphatic carbocycles. The van der Waals surface area contributed by atoms with E-state index in [9.17, 15) is 0 Å². The maximum Gasteiger partial charge on any atom is 0.174 e. The predicted octanol–water partition coefficient (Wildman–Crippen LogP) is 1.77. The van der Waals surface area contributed by atoms with Gasteiger partial charge >= 0.3 is 0 Å². The van der Waals surface area contributed by atoms with E-state index in [1.165, 1.54) is 32.1 Å². The van der Waals surface area contributed by atoms with E-state index in [4.69, 9.17) is 5.73 Å². The summed E-state index contributed by atoms with van der Waals surface area (Å²) in [6, 6.07) is 0.700. The number of fused-ring (bicyclic) bond motifs is 1. The third-order valence-electron chi connectivity index (χ3n) is 4.12. The van der Waals surface area contributed by atoms with Gasteiger partial charge in [-0.25, -0.2) is 0 Å². The number of nitrogens with two attached hydrogens (primary N) is 1. The molecule has 4 nitrogen and oxygen atoms in total. The second kappa shape index (κ2) is 3.68. The first kappa shape index (κ1) is 10.00. The quantitative estimate of drug-likeness (QED) is 0.784. The van der Waals surface area contributed by atoms with Crippen LogP contribution in [0.1, 0.15) is 32.1 Å². The monoisotopic (exact) mass is 220 g/mol. The molecular weight excluding hydrogens is 200 g/mol. The Hall–Kier alpha value is -1.19. The lowest BCUT2D eigenvalue weighted by molar-refractivity contribution is 0.341. The predicted molar refractivity (Wildman–Crippen MR) is 65.3 cm³/mol. The summed E-state index contributed by atoms with van der Waals surface area (Å²) in [5.74, 6) is 1.90. The van der Waals surface area contributed by atoms with Crippen LogP contribution in [0.15, 0.2) is 6.20 Å². The van der Waals surface area contributed by atoms with E-state index in [1.807, 2.05) is 17.9 Å². The van der Waals surface area contributed by atoms with E-state index in [0.717, 1.165) is 24.0 Å². The lowest BCUT2D eigenvalue weighted by Crippen LogP contribution is -2.35. The minimum Gasteiger partial charge on any atom is -0.394 e. The van der Waals surface area contributed by atoms with Gasteiger partial charge in [-0.3, -0.25) is 4.68 Å². The van der Waals surface area contributed by atoms with Crippen molar-refractivity contribution < 1.29 is 0 Å². The molecule has 4 heteroatoms. The molecule has 2 aliphatic rings. The van der Waals surface area contributed by atoms with Gasteiger partial charge in [0.1, 0.15) is 0 Å². The average Bonchev–Trinajstić information content (AvgIpc) is 2.81. The van der Waals surface area contributed by atoms with Crippen LogP contribution in [-0.2, 0) is 7.05 Å². The van der Waals surface area contributed by atoms with E-state index in [0.29, 0.717) is 6.04 Å². The molecule has 88 valence electrons. The molecule has 1 aliphatic heterocycles. The molecule has 0 aromatic carbocycles. The van der Waals surface area contributed by atoms with Gasteiger partial charge in [0.05, 0.1) is 5.69 Å². The molecule has 1 aromatic rings. The molecule has 2 unspecified atom stereocenters. The number of aryl methyl sites for hydroxylation is 1. The first-order valence-electron chi connectivity index (χ1n) is 6.31. The van der Waals surface area contributed by atoms with Crippen molar-refractivity contribution in [3.8, 4) is 0 Å². The van der Waals surface area contributed by atoms with Crippen molar-refractivity contribution in [2.75, 3.05) is 17.2 Å². The second-order valence-electron chi connectivity index (χ2n) is 5.18.